The summed E-state index contributed by atoms with van der Waals surface area (Å²) in [6, 6.07) is 3.42. The van der Waals surface area contributed by atoms with Crippen molar-refractivity contribution in [2.75, 3.05) is 5.73 Å². The van der Waals surface area contributed by atoms with Gasteiger partial charge in [0.1, 0.15) is 10.8 Å². The van der Waals surface area contributed by atoms with Gasteiger partial charge in [-0.05, 0) is 19.1 Å². The number of hydrogen-bond donors (Lipinski definition) is 1. The van der Waals surface area contributed by atoms with E-state index in [2.05, 4.69) is 15.0 Å². The van der Waals surface area contributed by atoms with Crippen molar-refractivity contribution in [2.45, 2.75) is 6.92 Å². The summed E-state index contributed by atoms with van der Waals surface area (Å²) in [6.07, 6.45) is 3.28. The zero-order chi connectivity index (χ0) is 10.8. The molecule has 0 saturated heterocycles. The molecule has 0 atom stereocenters. The normalized spacial score (nSPS) is 10.3. The van der Waals surface area contributed by atoms with Gasteiger partial charge < -0.3 is 5.73 Å². The fourth-order valence-corrected chi connectivity index (χ4v) is 1.24. The van der Waals surface area contributed by atoms with Crippen LogP contribution >= 0.6 is 11.6 Å². The Labute approximate surface area is 92.2 Å². The van der Waals surface area contributed by atoms with E-state index in [9.17, 15) is 0 Å². The molecule has 5 heteroatoms. The number of nitrogens with zero attached hydrogens (tertiary/aromatic N) is 3. The van der Waals surface area contributed by atoms with E-state index in [1.165, 1.54) is 0 Å². The number of aromatic nitrogens is 3. The molecule has 0 aliphatic heterocycles. The Bertz CT molecular complexity index is 499. The molecule has 0 radical (unpaired) electrons. The van der Waals surface area contributed by atoms with Crippen LogP contribution in [0.2, 0.25) is 5.15 Å². The standard InChI is InChI=1S/C10H9ClN4/c1-6-5-14-10(15-9(6)11)8-4-7(12)2-3-13-8/h2-5H,1H3,(H2,12,13). The summed E-state index contributed by atoms with van der Waals surface area (Å²) >= 11 is 5.89. The van der Waals surface area contributed by atoms with Crippen molar-refractivity contribution in [3.05, 3.63) is 35.2 Å². The molecule has 2 aromatic heterocycles. The van der Waals surface area contributed by atoms with Gasteiger partial charge in [0.05, 0.1) is 0 Å². The molecule has 0 aliphatic rings. The molecule has 0 amide bonds. The van der Waals surface area contributed by atoms with Gasteiger partial charge in [-0.3, -0.25) is 4.98 Å². The van der Waals surface area contributed by atoms with E-state index in [0.717, 1.165) is 5.56 Å². The first kappa shape index (κ1) is 9.86. The van der Waals surface area contributed by atoms with E-state index in [-0.39, 0.29) is 0 Å². The minimum atomic E-state index is 0.434. The molecule has 2 rings (SSSR count). The lowest BCUT2D eigenvalue weighted by Gasteiger charge is -2.01. The third-order valence-corrected chi connectivity index (χ3v) is 2.31. The van der Waals surface area contributed by atoms with E-state index in [1.54, 1.807) is 24.5 Å². The van der Waals surface area contributed by atoms with Crippen LogP contribution in [0.5, 0.6) is 0 Å². The third-order valence-electron chi connectivity index (χ3n) is 1.92. The van der Waals surface area contributed by atoms with Gasteiger partial charge in [0.15, 0.2) is 5.82 Å². The number of nitrogens with two attached hydrogens (primary N) is 1. The van der Waals surface area contributed by atoms with Gasteiger partial charge in [0.25, 0.3) is 0 Å². The number of halogens is 1. The van der Waals surface area contributed by atoms with Crippen LogP contribution in [0.15, 0.2) is 24.5 Å². The van der Waals surface area contributed by atoms with Gasteiger partial charge in [-0.1, -0.05) is 11.6 Å². The molecule has 4 nitrogen and oxygen atoms in total. The summed E-state index contributed by atoms with van der Waals surface area (Å²) in [7, 11) is 0. The van der Waals surface area contributed by atoms with Crippen LogP contribution in [0.3, 0.4) is 0 Å². The van der Waals surface area contributed by atoms with Crippen molar-refractivity contribution < 1.29 is 0 Å². The highest BCUT2D eigenvalue weighted by molar-refractivity contribution is 6.30. The fourth-order valence-electron chi connectivity index (χ4n) is 1.11. The summed E-state index contributed by atoms with van der Waals surface area (Å²) in [6.45, 7) is 1.85. The molecule has 0 aromatic carbocycles. The number of rotatable bonds is 1. The molecule has 0 unspecified atom stereocenters. The quantitative estimate of drug-likeness (QED) is 0.748. The molecule has 2 heterocycles. The Kier molecular flexibility index (Phi) is 2.51. The third kappa shape index (κ3) is 2.05. The second-order valence-electron chi connectivity index (χ2n) is 3.14. The van der Waals surface area contributed by atoms with E-state index in [1.807, 2.05) is 6.92 Å². The predicted molar refractivity (Wildman–Crippen MR) is 59.4 cm³/mol. The molecule has 0 fully saturated rings. The Morgan fingerprint density at radius 3 is 2.80 bits per heavy atom. The van der Waals surface area contributed by atoms with Crippen LogP contribution < -0.4 is 5.73 Å². The summed E-state index contributed by atoms with van der Waals surface area (Å²) in [5, 5.41) is 0.434. The molecule has 0 spiro atoms. The molecule has 2 N–H and O–H groups in total. The number of anilines is 1. The van der Waals surface area contributed by atoms with Crippen LogP contribution in [-0.4, -0.2) is 15.0 Å². The number of aryl methyl sites for hydroxylation is 1. The highest BCUT2D eigenvalue weighted by Crippen LogP contribution is 2.18. The summed E-state index contributed by atoms with van der Waals surface area (Å²) in [5.74, 6) is 0.484. The van der Waals surface area contributed by atoms with Crippen molar-refractivity contribution in [2.24, 2.45) is 0 Å². The molecule has 0 saturated carbocycles. The molecule has 0 aliphatic carbocycles. The lowest BCUT2D eigenvalue weighted by molar-refractivity contribution is 1.11. The van der Waals surface area contributed by atoms with E-state index in [4.69, 9.17) is 17.3 Å². The number of nitrogen functional groups attached to an aromatic ring is 1. The first-order chi connectivity index (χ1) is 7.16. The van der Waals surface area contributed by atoms with Crippen molar-refractivity contribution in [1.29, 1.82) is 0 Å². The smallest absolute Gasteiger partial charge is 0.179 e. The van der Waals surface area contributed by atoms with Gasteiger partial charge in [-0.15, -0.1) is 0 Å². The molecule has 2 aromatic rings. The van der Waals surface area contributed by atoms with E-state index >= 15 is 0 Å². The largest absolute Gasteiger partial charge is 0.399 e. The topological polar surface area (TPSA) is 64.7 Å². The average molecular weight is 221 g/mol. The van der Waals surface area contributed by atoms with Crippen molar-refractivity contribution >= 4 is 17.3 Å². The van der Waals surface area contributed by atoms with Crippen molar-refractivity contribution in [3.8, 4) is 11.5 Å². The minimum Gasteiger partial charge on any atom is -0.399 e. The molecule has 76 valence electrons. The SMILES string of the molecule is Cc1cnc(-c2cc(N)ccn2)nc1Cl. The van der Waals surface area contributed by atoms with Crippen LogP contribution in [0.1, 0.15) is 5.56 Å². The maximum absolute atomic E-state index is 5.89. The van der Waals surface area contributed by atoms with Gasteiger partial charge in [-0.2, -0.15) is 0 Å². The number of pyridine rings is 1. The Morgan fingerprint density at radius 2 is 2.13 bits per heavy atom. The molecular weight excluding hydrogens is 212 g/mol. The summed E-state index contributed by atoms with van der Waals surface area (Å²) < 4.78 is 0. The summed E-state index contributed by atoms with van der Waals surface area (Å²) in [4.78, 5) is 12.4. The average Bonchev–Trinajstić information content (AvgIpc) is 2.22. The van der Waals surface area contributed by atoms with E-state index < -0.39 is 0 Å². The maximum atomic E-state index is 5.89. The van der Waals surface area contributed by atoms with Gasteiger partial charge in [-0.25, -0.2) is 9.97 Å². The van der Waals surface area contributed by atoms with Crippen LogP contribution in [0.4, 0.5) is 5.69 Å². The van der Waals surface area contributed by atoms with Gasteiger partial charge in [0.2, 0.25) is 0 Å². The highest BCUT2D eigenvalue weighted by Gasteiger charge is 2.05. The van der Waals surface area contributed by atoms with E-state index in [0.29, 0.717) is 22.4 Å². The lowest BCUT2D eigenvalue weighted by Crippen LogP contribution is -1.95. The zero-order valence-corrected chi connectivity index (χ0v) is 8.86. The lowest BCUT2D eigenvalue weighted by atomic mass is 10.3. The van der Waals surface area contributed by atoms with Gasteiger partial charge in [0, 0.05) is 23.6 Å². The highest BCUT2D eigenvalue weighted by atomic mass is 35.5. The van der Waals surface area contributed by atoms with Gasteiger partial charge >= 0.3 is 0 Å². The monoisotopic (exact) mass is 220 g/mol. The Morgan fingerprint density at radius 1 is 1.33 bits per heavy atom. The predicted octanol–water partition coefficient (Wildman–Crippen LogP) is 2.08. The fraction of sp³-hybridized carbons (Fsp3) is 0.100. The molecule has 0 bridgehead atoms. The maximum Gasteiger partial charge on any atom is 0.179 e. The second kappa shape index (κ2) is 3.82. The number of hydrogen-bond acceptors (Lipinski definition) is 4. The van der Waals surface area contributed by atoms with Crippen molar-refractivity contribution in [1.82, 2.24) is 15.0 Å². The Balaban J connectivity index is 2.50. The first-order valence-electron chi connectivity index (χ1n) is 4.38. The van der Waals surface area contributed by atoms with Crippen LogP contribution in [-0.2, 0) is 0 Å². The minimum absolute atomic E-state index is 0.434. The van der Waals surface area contributed by atoms with Crippen molar-refractivity contribution in [3.63, 3.8) is 0 Å². The molecular formula is C10H9ClN4. The first-order valence-corrected chi connectivity index (χ1v) is 4.75. The zero-order valence-electron chi connectivity index (χ0n) is 8.11. The Hall–Kier alpha value is -1.68. The molecule has 15 heavy (non-hydrogen) atoms. The van der Waals surface area contributed by atoms with Crippen LogP contribution in [0, 0.1) is 6.92 Å². The van der Waals surface area contributed by atoms with Crippen LogP contribution in [0.25, 0.3) is 11.5 Å². The second-order valence-corrected chi connectivity index (χ2v) is 3.50. The summed E-state index contributed by atoms with van der Waals surface area (Å²) in [5.41, 5.74) is 7.72.